The molecule has 1 saturated heterocycles. The molecule has 1 aliphatic heterocycles. The molecule has 6 nitrogen and oxygen atoms in total. The van der Waals surface area contributed by atoms with Crippen LogP contribution in [-0.2, 0) is 19.1 Å². The average molecular weight is 510 g/mol. The van der Waals surface area contributed by atoms with Gasteiger partial charge in [-0.25, -0.2) is 0 Å². The van der Waals surface area contributed by atoms with Gasteiger partial charge in [0, 0.05) is 33.3 Å². The van der Waals surface area contributed by atoms with E-state index < -0.39 is 24.4 Å². The van der Waals surface area contributed by atoms with Crippen molar-refractivity contribution in [3.8, 4) is 0 Å². The second-order valence-corrected chi connectivity index (χ2v) is 8.33. The van der Waals surface area contributed by atoms with E-state index in [1.165, 1.54) is 0 Å². The third kappa shape index (κ3) is 4.99. The maximum absolute atomic E-state index is 12.3. The van der Waals surface area contributed by atoms with Crippen LogP contribution >= 0.6 is 31.9 Å². The molecule has 1 atom stereocenters. The molecule has 3 rings (SSSR count). The summed E-state index contributed by atoms with van der Waals surface area (Å²) >= 11 is 6.72. The number of nitrogens with zero attached hydrogens (tertiary/aromatic N) is 1. The molecule has 0 spiro atoms. The van der Waals surface area contributed by atoms with Crippen molar-refractivity contribution in [2.24, 2.45) is 5.92 Å². The lowest BCUT2D eigenvalue weighted by atomic mass is 10.1. The summed E-state index contributed by atoms with van der Waals surface area (Å²) in [6.07, 6.45) is 0.0718. The van der Waals surface area contributed by atoms with Crippen LogP contribution in [0.3, 0.4) is 0 Å². The zero-order valence-electron chi connectivity index (χ0n) is 15.1. The van der Waals surface area contributed by atoms with Gasteiger partial charge in [0.25, 0.3) is 5.91 Å². The van der Waals surface area contributed by atoms with Crippen LogP contribution in [0.5, 0.6) is 0 Å². The minimum Gasteiger partial charge on any atom is -0.455 e. The number of carbonyl (C=O) groups is 3. The topological polar surface area (TPSA) is 75.7 Å². The molecular weight excluding hydrogens is 492 g/mol. The highest BCUT2D eigenvalue weighted by Crippen LogP contribution is 2.27. The van der Waals surface area contributed by atoms with Crippen LogP contribution in [0.2, 0.25) is 0 Å². The molecule has 0 bridgehead atoms. The van der Waals surface area contributed by atoms with Gasteiger partial charge in [-0.05, 0) is 55.0 Å². The van der Waals surface area contributed by atoms with Gasteiger partial charge in [-0.3, -0.25) is 14.4 Å². The molecule has 0 aliphatic carbocycles. The minimum atomic E-state index is -0.585. The van der Waals surface area contributed by atoms with Crippen LogP contribution in [0.1, 0.15) is 12.0 Å². The first-order valence-electron chi connectivity index (χ1n) is 8.62. The van der Waals surface area contributed by atoms with Gasteiger partial charge in [0.1, 0.15) is 0 Å². The Bertz CT molecular complexity index is 915. The first-order valence-corrected chi connectivity index (χ1v) is 10.2. The van der Waals surface area contributed by atoms with Crippen LogP contribution in [0.4, 0.5) is 11.4 Å². The largest absolute Gasteiger partial charge is 0.455 e. The van der Waals surface area contributed by atoms with E-state index >= 15 is 0 Å². The van der Waals surface area contributed by atoms with E-state index in [2.05, 4.69) is 37.2 Å². The van der Waals surface area contributed by atoms with E-state index in [0.717, 1.165) is 20.2 Å². The number of benzene rings is 2. The highest BCUT2D eigenvalue weighted by atomic mass is 79.9. The van der Waals surface area contributed by atoms with Crippen LogP contribution in [0.25, 0.3) is 0 Å². The predicted octanol–water partition coefficient (Wildman–Crippen LogP) is 4.05. The molecule has 1 heterocycles. The SMILES string of the molecule is Cc1cc(Br)ccc1NC(=O)COC(=O)[C@@H]1CC(=O)N(c2ccc(Br)cc2)C1. The van der Waals surface area contributed by atoms with Crippen molar-refractivity contribution in [1.29, 1.82) is 0 Å². The third-order valence-corrected chi connectivity index (χ3v) is 5.43. The number of carbonyl (C=O) groups excluding carboxylic acids is 3. The Kier molecular flexibility index (Phi) is 6.51. The smallest absolute Gasteiger partial charge is 0.311 e. The number of aryl methyl sites for hydroxylation is 1. The van der Waals surface area contributed by atoms with E-state index in [1.54, 1.807) is 11.0 Å². The van der Waals surface area contributed by atoms with Crippen molar-refractivity contribution in [3.63, 3.8) is 0 Å². The Balaban J connectivity index is 1.53. The number of ether oxygens (including phenoxy) is 1. The molecule has 0 unspecified atom stereocenters. The van der Waals surface area contributed by atoms with Gasteiger partial charge in [-0.1, -0.05) is 31.9 Å². The van der Waals surface area contributed by atoms with Crippen molar-refractivity contribution in [2.75, 3.05) is 23.4 Å². The van der Waals surface area contributed by atoms with Gasteiger partial charge in [0.15, 0.2) is 6.61 Å². The molecule has 0 aromatic heterocycles. The Morgan fingerprint density at radius 1 is 1.14 bits per heavy atom. The van der Waals surface area contributed by atoms with Crippen molar-refractivity contribution >= 4 is 61.0 Å². The molecule has 2 amide bonds. The van der Waals surface area contributed by atoms with E-state index in [-0.39, 0.29) is 18.9 Å². The van der Waals surface area contributed by atoms with Crippen molar-refractivity contribution in [1.82, 2.24) is 0 Å². The van der Waals surface area contributed by atoms with Crippen molar-refractivity contribution in [2.45, 2.75) is 13.3 Å². The van der Waals surface area contributed by atoms with Gasteiger partial charge in [0.05, 0.1) is 5.92 Å². The number of amides is 2. The summed E-state index contributed by atoms with van der Waals surface area (Å²) < 4.78 is 6.95. The van der Waals surface area contributed by atoms with Gasteiger partial charge in [0.2, 0.25) is 5.91 Å². The van der Waals surface area contributed by atoms with E-state index in [1.807, 2.05) is 43.3 Å². The van der Waals surface area contributed by atoms with Crippen molar-refractivity contribution < 1.29 is 19.1 Å². The molecule has 2 aromatic carbocycles. The van der Waals surface area contributed by atoms with Gasteiger partial charge in [-0.15, -0.1) is 0 Å². The summed E-state index contributed by atoms with van der Waals surface area (Å²) in [5.41, 5.74) is 2.27. The fraction of sp³-hybridized carbons (Fsp3) is 0.250. The maximum atomic E-state index is 12.3. The Morgan fingerprint density at radius 2 is 1.82 bits per heavy atom. The van der Waals surface area contributed by atoms with Gasteiger partial charge >= 0.3 is 5.97 Å². The fourth-order valence-electron chi connectivity index (χ4n) is 2.94. The number of esters is 1. The number of rotatable bonds is 5. The predicted molar refractivity (Wildman–Crippen MR) is 113 cm³/mol. The van der Waals surface area contributed by atoms with Crippen LogP contribution in [0.15, 0.2) is 51.4 Å². The van der Waals surface area contributed by atoms with E-state index in [9.17, 15) is 14.4 Å². The summed E-state index contributed by atoms with van der Waals surface area (Å²) in [7, 11) is 0. The molecule has 1 aliphatic rings. The lowest BCUT2D eigenvalue weighted by Crippen LogP contribution is -2.28. The maximum Gasteiger partial charge on any atom is 0.311 e. The molecule has 0 radical (unpaired) electrons. The fourth-order valence-corrected chi connectivity index (χ4v) is 3.68. The zero-order chi connectivity index (χ0) is 20.3. The monoisotopic (exact) mass is 508 g/mol. The standard InChI is InChI=1S/C20H18Br2N2O4/c1-12-8-15(22)4-7-17(12)23-18(25)11-28-20(27)13-9-19(26)24(10-13)16-5-2-14(21)3-6-16/h2-8,13H,9-11H2,1H3,(H,23,25)/t13-/m1/s1. The normalized spacial score (nSPS) is 16.2. The molecular formula is C20H18Br2N2O4. The highest BCUT2D eigenvalue weighted by Gasteiger charge is 2.36. The third-order valence-electron chi connectivity index (χ3n) is 4.40. The lowest BCUT2D eigenvalue weighted by molar-refractivity contribution is -0.151. The molecule has 2 aromatic rings. The summed E-state index contributed by atoms with van der Waals surface area (Å²) in [6, 6.07) is 12.8. The highest BCUT2D eigenvalue weighted by molar-refractivity contribution is 9.10. The average Bonchev–Trinajstić information content (AvgIpc) is 3.04. The quantitative estimate of drug-likeness (QED) is 0.617. The van der Waals surface area contributed by atoms with Crippen LogP contribution in [0, 0.1) is 12.8 Å². The summed E-state index contributed by atoms with van der Waals surface area (Å²) in [5, 5.41) is 2.71. The Morgan fingerprint density at radius 3 is 2.50 bits per heavy atom. The summed E-state index contributed by atoms with van der Waals surface area (Å²) in [5.74, 6) is -1.69. The molecule has 1 fully saturated rings. The number of nitrogens with one attached hydrogen (secondary N) is 1. The molecule has 146 valence electrons. The van der Waals surface area contributed by atoms with Crippen molar-refractivity contribution in [3.05, 3.63) is 57.0 Å². The van der Waals surface area contributed by atoms with Crippen LogP contribution < -0.4 is 10.2 Å². The zero-order valence-corrected chi connectivity index (χ0v) is 18.2. The molecule has 0 saturated carbocycles. The summed E-state index contributed by atoms with van der Waals surface area (Å²) in [6.45, 7) is 1.72. The summed E-state index contributed by atoms with van der Waals surface area (Å²) in [4.78, 5) is 38.2. The number of hydrogen-bond donors (Lipinski definition) is 1. The molecule has 28 heavy (non-hydrogen) atoms. The van der Waals surface area contributed by atoms with E-state index in [0.29, 0.717) is 5.69 Å². The second-order valence-electron chi connectivity index (χ2n) is 6.50. The molecule has 8 heteroatoms. The van der Waals surface area contributed by atoms with Crippen LogP contribution in [-0.4, -0.2) is 30.9 Å². The minimum absolute atomic E-state index is 0.0718. The molecule has 1 N–H and O–H groups in total. The first kappa shape index (κ1) is 20.5. The first-order chi connectivity index (χ1) is 13.3. The van der Waals surface area contributed by atoms with E-state index in [4.69, 9.17) is 4.74 Å². The number of anilines is 2. The van der Waals surface area contributed by atoms with Gasteiger partial charge in [-0.2, -0.15) is 0 Å². The number of halogens is 2. The Labute approximate surface area is 179 Å². The number of hydrogen-bond acceptors (Lipinski definition) is 4. The van der Waals surface area contributed by atoms with Gasteiger partial charge < -0.3 is 15.0 Å². The Hall–Kier alpha value is -2.19. The lowest BCUT2D eigenvalue weighted by Gasteiger charge is -2.16. The second kappa shape index (κ2) is 8.87.